The highest BCUT2D eigenvalue weighted by atomic mass is 35.5. The van der Waals surface area contributed by atoms with E-state index in [1.165, 1.54) is 7.11 Å². The van der Waals surface area contributed by atoms with E-state index in [-0.39, 0.29) is 0 Å². The van der Waals surface area contributed by atoms with Crippen molar-refractivity contribution >= 4 is 41.0 Å². The van der Waals surface area contributed by atoms with Crippen molar-refractivity contribution in [3.63, 3.8) is 0 Å². The van der Waals surface area contributed by atoms with Crippen molar-refractivity contribution in [3.05, 3.63) is 32.8 Å². The van der Waals surface area contributed by atoms with Crippen LogP contribution in [0.4, 0.5) is 0 Å². The molecule has 0 bridgehead atoms. The summed E-state index contributed by atoms with van der Waals surface area (Å²) in [6.07, 6.45) is 3.10. The third-order valence-corrected chi connectivity index (χ3v) is 2.70. The molecule has 0 spiro atoms. The summed E-state index contributed by atoms with van der Waals surface area (Å²) in [4.78, 5) is 4.54. The lowest BCUT2D eigenvalue weighted by Crippen LogP contribution is -1.90. The minimum atomic E-state index is 0.541. The fourth-order valence-corrected chi connectivity index (χ4v) is 2.15. The summed E-state index contributed by atoms with van der Waals surface area (Å²) < 4.78 is 0. The summed E-state index contributed by atoms with van der Waals surface area (Å²) in [6.45, 7) is 0. The van der Waals surface area contributed by atoms with Gasteiger partial charge in [-0.1, -0.05) is 40.0 Å². The van der Waals surface area contributed by atoms with E-state index in [9.17, 15) is 0 Å². The van der Waals surface area contributed by atoms with Crippen LogP contribution in [0.5, 0.6) is 0 Å². The van der Waals surface area contributed by atoms with Crippen molar-refractivity contribution < 1.29 is 4.84 Å². The van der Waals surface area contributed by atoms with Gasteiger partial charge >= 0.3 is 0 Å². The van der Waals surface area contributed by atoms with Gasteiger partial charge in [0.2, 0.25) is 0 Å². The maximum Gasteiger partial charge on any atom is 0.106 e. The first-order chi connectivity index (χ1) is 7.15. The van der Waals surface area contributed by atoms with E-state index in [0.29, 0.717) is 21.5 Å². The van der Waals surface area contributed by atoms with Gasteiger partial charge < -0.3 is 4.84 Å². The Balaban J connectivity index is 2.72. The van der Waals surface area contributed by atoms with Gasteiger partial charge in [-0.3, -0.25) is 0 Å². The lowest BCUT2D eigenvalue weighted by Gasteiger charge is -2.05. The van der Waals surface area contributed by atoms with Gasteiger partial charge in [-0.25, -0.2) is 0 Å². The third kappa shape index (κ3) is 3.90. The summed E-state index contributed by atoms with van der Waals surface area (Å²) in [5, 5.41) is 5.33. The molecule has 0 atom stereocenters. The molecule has 0 amide bonds. The van der Waals surface area contributed by atoms with Gasteiger partial charge in [-0.15, -0.1) is 0 Å². The number of hydrogen-bond acceptors (Lipinski definition) is 2. The summed E-state index contributed by atoms with van der Waals surface area (Å²) >= 11 is 17.8. The second-order valence-corrected chi connectivity index (χ2v) is 4.11. The Morgan fingerprint density at radius 3 is 2.40 bits per heavy atom. The quantitative estimate of drug-likeness (QED) is 0.591. The van der Waals surface area contributed by atoms with Crippen molar-refractivity contribution in [1.29, 1.82) is 0 Å². The van der Waals surface area contributed by atoms with Crippen LogP contribution in [0.3, 0.4) is 0 Å². The van der Waals surface area contributed by atoms with Crippen LogP contribution in [-0.4, -0.2) is 13.3 Å². The van der Waals surface area contributed by atoms with Gasteiger partial charge in [0, 0.05) is 21.3 Å². The molecule has 0 unspecified atom stereocenters. The Labute approximate surface area is 104 Å². The van der Waals surface area contributed by atoms with Gasteiger partial charge in [0.1, 0.15) is 7.11 Å². The van der Waals surface area contributed by atoms with Crippen molar-refractivity contribution in [1.82, 2.24) is 0 Å². The smallest absolute Gasteiger partial charge is 0.106 e. The largest absolute Gasteiger partial charge is 0.399 e. The molecule has 0 aliphatic heterocycles. The molecule has 0 heterocycles. The van der Waals surface area contributed by atoms with Crippen molar-refractivity contribution in [2.75, 3.05) is 7.11 Å². The highest BCUT2D eigenvalue weighted by Gasteiger charge is 2.06. The first-order valence-corrected chi connectivity index (χ1v) is 5.47. The zero-order valence-corrected chi connectivity index (χ0v) is 10.4. The summed E-state index contributed by atoms with van der Waals surface area (Å²) in [6, 6.07) is 3.36. The third-order valence-electron chi connectivity index (χ3n) is 1.81. The average Bonchev–Trinajstić information content (AvgIpc) is 2.15. The highest BCUT2D eigenvalue weighted by molar-refractivity contribution is 6.39. The topological polar surface area (TPSA) is 21.6 Å². The molecule has 0 aromatic heterocycles. The number of oxime groups is 1. The molecule has 1 aromatic carbocycles. The van der Waals surface area contributed by atoms with E-state index in [2.05, 4.69) is 9.99 Å². The van der Waals surface area contributed by atoms with E-state index in [4.69, 9.17) is 34.8 Å². The number of benzene rings is 1. The molecular weight excluding hydrogens is 256 g/mol. The fourth-order valence-electron chi connectivity index (χ4n) is 1.15. The zero-order valence-electron chi connectivity index (χ0n) is 8.14. The van der Waals surface area contributed by atoms with E-state index < -0.39 is 0 Å². The van der Waals surface area contributed by atoms with E-state index in [1.807, 2.05) is 0 Å². The molecule has 1 aromatic rings. The first-order valence-electron chi connectivity index (χ1n) is 4.33. The second-order valence-electron chi connectivity index (χ2n) is 2.86. The molecule has 0 aliphatic carbocycles. The van der Waals surface area contributed by atoms with E-state index in [0.717, 1.165) is 12.0 Å². The van der Waals surface area contributed by atoms with Crippen LogP contribution in [0.2, 0.25) is 15.1 Å². The summed E-state index contributed by atoms with van der Waals surface area (Å²) in [7, 11) is 1.50. The van der Waals surface area contributed by atoms with Crippen LogP contribution in [0.25, 0.3) is 0 Å². The highest BCUT2D eigenvalue weighted by Crippen LogP contribution is 2.29. The standard InChI is InChI=1S/C10H10Cl3NO/c1-15-14-4-2-3-8-9(12)5-7(11)6-10(8)13/h4-6H,2-3H2,1H3. The first kappa shape index (κ1) is 12.6. The zero-order chi connectivity index (χ0) is 11.3. The maximum atomic E-state index is 6.00. The predicted molar refractivity (Wildman–Crippen MR) is 65.3 cm³/mol. The van der Waals surface area contributed by atoms with Crippen LogP contribution in [0.15, 0.2) is 17.3 Å². The van der Waals surface area contributed by atoms with Crippen molar-refractivity contribution in [2.45, 2.75) is 12.8 Å². The Morgan fingerprint density at radius 2 is 1.87 bits per heavy atom. The van der Waals surface area contributed by atoms with Crippen LogP contribution < -0.4 is 0 Å². The van der Waals surface area contributed by atoms with Gasteiger partial charge in [-0.05, 0) is 30.5 Å². The van der Waals surface area contributed by atoms with Gasteiger partial charge in [0.25, 0.3) is 0 Å². The van der Waals surface area contributed by atoms with Gasteiger partial charge in [-0.2, -0.15) is 0 Å². The maximum absolute atomic E-state index is 6.00. The van der Waals surface area contributed by atoms with Gasteiger partial charge in [0.05, 0.1) is 0 Å². The minimum absolute atomic E-state index is 0.541. The van der Waals surface area contributed by atoms with Crippen molar-refractivity contribution in [2.24, 2.45) is 5.16 Å². The Morgan fingerprint density at radius 1 is 1.27 bits per heavy atom. The molecule has 0 aliphatic rings. The molecule has 0 fully saturated rings. The van der Waals surface area contributed by atoms with Gasteiger partial charge in [0.15, 0.2) is 0 Å². The number of nitrogens with zero attached hydrogens (tertiary/aromatic N) is 1. The molecule has 0 N–H and O–H groups in total. The van der Waals surface area contributed by atoms with E-state index >= 15 is 0 Å². The Kier molecular flexibility index (Phi) is 5.23. The number of hydrogen-bond donors (Lipinski definition) is 0. The predicted octanol–water partition coefficient (Wildman–Crippen LogP) is 4.21. The Hall–Kier alpha value is -0.440. The molecule has 1 rings (SSSR count). The lowest BCUT2D eigenvalue weighted by atomic mass is 10.1. The second kappa shape index (κ2) is 6.21. The summed E-state index contributed by atoms with van der Waals surface area (Å²) in [5.41, 5.74) is 0.880. The molecule has 82 valence electrons. The molecule has 0 radical (unpaired) electrons. The van der Waals surface area contributed by atoms with E-state index in [1.54, 1.807) is 18.3 Å². The fraction of sp³-hybridized carbons (Fsp3) is 0.300. The molecular formula is C10H10Cl3NO. The van der Waals surface area contributed by atoms with Crippen molar-refractivity contribution in [3.8, 4) is 0 Å². The molecule has 0 saturated heterocycles. The van der Waals surface area contributed by atoms with Crippen LogP contribution in [0.1, 0.15) is 12.0 Å². The SMILES string of the molecule is CON=CCCc1c(Cl)cc(Cl)cc1Cl. The molecule has 5 heteroatoms. The average molecular weight is 267 g/mol. The normalized spacial score (nSPS) is 10.9. The summed E-state index contributed by atoms with van der Waals surface area (Å²) in [5.74, 6) is 0. The molecule has 15 heavy (non-hydrogen) atoms. The number of rotatable bonds is 4. The van der Waals surface area contributed by atoms with Crippen LogP contribution in [0, 0.1) is 0 Å². The monoisotopic (exact) mass is 265 g/mol. The number of halogens is 3. The molecule has 2 nitrogen and oxygen atoms in total. The minimum Gasteiger partial charge on any atom is -0.399 e. The van der Waals surface area contributed by atoms with Crippen LogP contribution >= 0.6 is 34.8 Å². The molecule has 0 saturated carbocycles. The lowest BCUT2D eigenvalue weighted by molar-refractivity contribution is 0.214. The Bertz CT molecular complexity index is 343. The van der Waals surface area contributed by atoms with Crippen LogP contribution in [-0.2, 0) is 11.3 Å².